The molecule has 6 heteroatoms. The van der Waals surface area contributed by atoms with E-state index in [-0.39, 0.29) is 4.90 Å². The fourth-order valence-electron chi connectivity index (χ4n) is 2.11. The van der Waals surface area contributed by atoms with Gasteiger partial charge in [0, 0.05) is 5.39 Å². The second kappa shape index (κ2) is 4.89. The zero-order valence-corrected chi connectivity index (χ0v) is 12.5. The number of nitrogens with zero attached hydrogens (tertiary/aromatic N) is 1. The normalized spacial score (nSPS) is 11.7. The van der Waals surface area contributed by atoms with E-state index >= 15 is 0 Å². The average Bonchev–Trinajstić information content (AvgIpc) is 2.85. The van der Waals surface area contributed by atoms with Crippen molar-refractivity contribution in [3.05, 3.63) is 53.6 Å². The van der Waals surface area contributed by atoms with Gasteiger partial charge in [-0.25, -0.2) is 8.42 Å². The van der Waals surface area contributed by atoms with Gasteiger partial charge in [-0.1, -0.05) is 18.2 Å². The topological polar surface area (TPSA) is 74.8 Å². The lowest BCUT2D eigenvalue weighted by atomic mass is 10.1. The first-order chi connectivity index (χ1) is 9.97. The van der Waals surface area contributed by atoms with Crippen molar-refractivity contribution in [2.45, 2.75) is 18.7 Å². The van der Waals surface area contributed by atoms with Gasteiger partial charge in [0.1, 0.15) is 0 Å². The number of aromatic nitrogens is 2. The second-order valence-corrected chi connectivity index (χ2v) is 6.65. The van der Waals surface area contributed by atoms with Crippen molar-refractivity contribution < 1.29 is 8.42 Å². The third-order valence-electron chi connectivity index (χ3n) is 3.49. The minimum Gasteiger partial charge on any atom is -0.276 e. The molecule has 0 saturated carbocycles. The Kier molecular flexibility index (Phi) is 3.17. The fraction of sp³-hybridized carbons (Fsp3) is 0.133. The summed E-state index contributed by atoms with van der Waals surface area (Å²) in [5.41, 5.74) is 2.78. The van der Waals surface area contributed by atoms with E-state index in [9.17, 15) is 8.42 Å². The molecule has 0 amide bonds. The van der Waals surface area contributed by atoms with E-state index in [0.717, 1.165) is 22.0 Å². The molecule has 5 nitrogen and oxygen atoms in total. The van der Waals surface area contributed by atoms with Gasteiger partial charge in [-0.3, -0.25) is 9.82 Å². The van der Waals surface area contributed by atoms with Crippen LogP contribution in [0.1, 0.15) is 11.1 Å². The molecule has 0 aliphatic heterocycles. The van der Waals surface area contributed by atoms with Gasteiger partial charge >= 0.3 is 0 Å². The smallest absolute Gasteiger partial charge is 0.263 e. The van der Waals surface area contributed by atoms with E-state index in [2.05, 4.69) is 14.9 Å². The summed E-state index contributed by atoms with van der Waals surface area (Å²) < 4.78 is 27.4. The van der Waals surface area contributed by atoms with Crippen LogP contribution in [0.3, 0.4) is 0 Å². The first kappa shape index (κ1) is 13.6. The van der Waals surface area contributed by atoms with Crippen molar-refractivity contribution in [1.82, 2.24) is 10.2 Å². The number of benzene rings is 2. The van der Waals surface area contributed by atoms with Gasteiger partial charge in [-0.15, -0.1) is 0 Å². The van der Waals surface area contributed by atoms with Crippen LogP contribution in [-0.2, 0) is 10.0 Å². The number of nitrogens with one attached hydrogen (secondary N) is 2. The lowest BCUT2D eigenvalue weighted by molar-refractivity contribution is 0.601. The maximum absolute atomic E-state index is 12.4. The van der Waals surface area contributed by atoms with Gasteiger partial charge in [0.25, 0.3) is 10.0 Å². The quantitative estimate of drug-likeness (QED) is 0.781. The molecule has 0 aliphatic carbocycles. The summed E-state index contributed by atoms with van der Waals surface area (Å²) in [7, 11) is -3.65. The number of fused-ring (bicyclic) bond motifs is 1. The predicted molar refractivity (Wildman–Crippen MR) is 82.8 cm³/mol. The summed E-state index contributed by atoms with van der Waals surface area (Å²) in [4.78, 5) is 0.234. The maximum Gasteiger partial charge on any atom is 0.263 e. The molecule has 2 N–H and O–H groups in total. The van der Waals surface area contributed by atoms with E-state index in [0.29, 0.717) is 5.82 Å². The molecule has 0 radical (unpaired) electrons. The first-order valence-electron chi connectivity index (χ1n) is 6.50. The molecular formula is C15H15N3O2S. The highest BCUT2D eigenvalue weighted by Crippen LogP contribution is 2.23. The largest absolute Gasteiger partial charge is 0.276 e. The van der Waals surface area contributed by atoms with Crippen molar-refractivity contribution in [3.8, 4) is 0 Å². The van der Waals surface area contributed by atoms with E-state index in [1.165, 1.54) is 0 Å². The van der Waals surface area contributed by atoms with Gasteiger partial charge in [-0.2, -0.15) is 5.10 Å². The Hall–Kier alpha value is -2.34. The molecular weight excluding hydrogens is 286 g/mol. The summed E-state index contributed by atoms with van der Waals surface area (Å²) >= 11 is 0. The third kappa shape index (κ3) is 2.50. The van der Waals surface area contributed by atoms with Crippen LogP contribution < -0.4 is 4.72 Å². The number of anilines is 1. The van der Waals surface area contributed by atoms with E-state index in [1.54, 1.807) is 18.2 Å². The number of rotatable bonds is 3. The number of hydrogen-bond acceptors (Lipinski definition) is 3. The van der Waals surface area contributed by atoms with Gasteiger partial charge in [-0.05, 0) is 49.2 Å². The van der Waals surface area contributed by atoms with Crippen LogP contribution in [-0.4, -0.2) is 18.6 Å². The third-order valence-corrected chi connectivity index (χ3v) is 4.83. The van der Waals surface area contributed by atoms with Crippen LogP contribution in [0.4, 0.5) is 5.82 Å². The lowest BCUT2D eigenvalue weighted by Gasteiger charge is -2.08. The maximum atomic E-state index is 12.4. The van der Waals surface area contributed by atoms with E-state index < -0.39 is 10.0 Å². The number of H-pyrrole nitrogens is 1. The fourth-order valence-corrected chi connectivity index (χ4v) is 3.22. The molecule has 3 aromatic rings. The number of aromatic amines is 1. The highest BCUT2D eigenvalue weighted by atomic mass is 32.2. The van der Waals surface area contributed by atoms with Crippen molar-refractivity contribution in [3.63, 3.8) is 0 Å². The van der Waals surface area contributed by atoms with Crippen molar-refractivity contribution in [1.29, 1.82) is 0 Å². The summed E-state index contributed by atoms with van der Waals surface area (Å²) in [6.45, 7) is 3.83. The van der Waals surface area contributed by atoms with Gasteiger partial charge in [0.15, 0.2) is 5.82 Å². The lowest BCUT2D eigenvalue weighted by Crippen LogP contribution is -2.13. The molecule has 0 saturated heterocycles. The van der Waals surface area contributed by atoms with Crippen LogP contribution in [0.15, 0.2) is 47.4 Å². The zero-order valence-electron chi connectivity index (χ0n) is 11.7. The number of sulfonamides is 1. The van der Waals surface area contributed by atoms with Crippen LogP contribution in [0, 0.1) is 13.8 Å². The second-order valence-electron chi connectivity index (χ2n) is 4.97. The van der Waals surface area contributed by atoms with E-state index in [4.69, 9.17) is 0 Å². The summed E-state index contributed by atoms with van der Waals surface area (Å²) in [5.74, 6) is 0.309. The molecule has 3 rings (SSSR count). The summed E-state index contributed by atoms with van der Waals surface area (Å²) in [6, 6.07) is 12.4. The van der Waals surface area contributed by atoms with Gasteiger partial charge in [0.05, 0.1) is 10.4 Å². The molecule has 0 unspecified atom stereocenters. The molecule has 0 fully saturated rings. The van der Waals surface area contributed by atoms with Gasteiger partial charge in [0.2, 0.25) is 0 Å². The Labute approximate surface area is 123 Å². The number of para-hydroxylation sites is 1. The Balaban J connectivity index is 2.01. The summed E-state index contributed by atoms with van der Waals surface area (Å²) in [6.07, 6.45) is 0. The van der Waals surface area contributed by atoms with Crippen LogP contribution >= 0.6 is 0 Å². The van der Waals surface area contributed by atoms with Crippen molar-refractivity contribution in [2.24, 2.45) is 0 Å². The Morgan fingerprint density at radius 2 is 1.81 bits per heavy atom. The Morgan fingerprint density at radius 1 is 1.05 bits per heavy atom. The zero-order chi connectivity index (χ0) is 15.0. The number of aryl methyl sites for hydroxylation is 2. The highest BCUT2D eigenvalue weighted by molar-refractivity contribution is 7.92. The minimum atomic E-state index is -3.65. The molecule has 0 aliphatic rings. The van der Waals surface area contributed by atoms with E-state index in [1.807, 2.05) is 38.1 Å². The van der Waals surface area contributed by atoms with Crippen molar-refractivity contribution in [2.75, 3.05) is 4.72 Å². The molecule has 1 aromatic heterocycles. The molecule has 0 bridgehead atoms. The Bertz CT molecular complexity index is 914. The van der Waals surface area contributed by atoms with Gasteiger partial charge < -0.3 is 0 Å². The highest BCUT2D eigenvalue weighted by Gasteiger charge is 2.17. The van der Waals surface area contributed by atoms with Crippen LogP contribution in [0.25, 0.3) is 10.9 Å². The SMILES string of the molecule is Cc1ccc(S(=O)(=O)Nc2n[nH]c3ccccc23)cc1C. The monoisotopic (exact) mass is 301 g/mol. The summed E-state index contributed by atoms with van der Waals surface area (Å²) in [5, 5.41) is 7.58. The molecule has 2 aromatic carbocycles. The van der Waals surface area contributed by atoms with Crippen LogP contribution in [0.5, 0.6) is 0 Å². The molecule has 108 valence electrons. The van der Waals surface area contributed by atoms with Crippen LogP contribution in [0.2, 0.25) is 0 Å². The molecule has 0 atom stereocenters. The standard InChI is InChI=1S/C15H15N3O2S/c1-10-7-8-12(9-11(10)2)21(19,20)18-15-13-5-3-4-6-14(13)16-17-15/h3-9H,1-2H3,(H2,16,17,18). The molecule has 0 spiro atoms. The average molecular weight is 301 g/mol. The predicted octanol–water partition coefficient (Wildman–Crippen LogP) is 2.98. The molecule has 21 heavy (non-hydrogen) atoms. The van der Waals surface area contributed by atoms with Crippen molar-refractivity contribution >= 4 is 26.7 Å². The minimum absolute atomic E-state index is 0.234. The first-order valence-corrected chi connectivity index (χ1v) is 7.99. The molecule has 1 heterocycles. The number of hydrogen-bond donors (Lipinski definition) is 2. The Morgan fingerprint density at radius 3 is 2.57 bits per heavy atom.